The Balaban J connectivity index is 2.23. The summed E-state index contributed by atoms with van der Waals surface area (Å²) in [6, 6.07) is 8.64. The van der Waals surface area contributed by atoms with Crippen molar-refractivity contribution in [1.29, 1.82) is 0 Å². The van der Waals surface area contributed by atoms with Crippen LogP contribution in [0.5, 0.6) is 0 Å². The van der Waals surface area contributed by atoms with E-state index in [0.717, 1.165) is 36.8 Å². The smallest absolute Gasteiger partial charge is 0.0462 e. The Bertz CT molecular complexity index is 286. The van der Waals surface area contributed by atoms with Gasteiger partial charge >= 0.3 is 0 Å². The van der Waals surface area contributed by atoms with Gasteiger partial charge in [0.1, 0.15) is 0 Å². The van der Waals surface area contributed by atoms with Crippen LogP contribution in [0.15, 0.2) is 28.7 Å². The summed E-state index contributed by atoms with van der Waals surface area (Å²) in [5.74, 6) is 0. The van der Waals surface area contributed by atoms with Gasteiger partial charge in [0.15, 0.2) is 0 Å². The van der Waals surface area contributed by atoms with Crippen LogP contribution in [0.1, 0.15) is 24.8 Å². The molecule has 0 radical (unpaired) electrons. The number of hydrogen-bond acceptors (Lipinski definition) is 2. The Morgan fingerprint density at radius 3 is 2.56 bits per heavy atom. The van der Waals surface area contributed by atoms with Crippen LogP contribution in [0.25, 0.3) is 0 Å². The molecule has 1 unspecified atom stereocenters. The van der Waals surface area contributed by atoms with Crippen LogP contribution in [-0.2, 0) is 11.2 Å². The van der Waals surface area contributed by atoms with E-state index in [1.54, 1.807) is 7.11 Å². The second-order valence-electron chi connectivity index (χ2n) is 4.08. The van der Waals surface area contributed by atoms with Crippen molar-refractivity contribution in [2.75, 3.05) is 13.7 Å². The zero-order valence-corrected chi connectivity index (χ0v) is 11.4. The van der Waals surface area contributed by atoms with Gasteiger partial charge in [-0.05, 0) is 43.4 Å². The van der Waals surface area contributed by atoms with Crippen molar-refractivity contribution < 1.29 is 4.74 Å². The van der Waals surface area contributed by atoms with E-state index in [-0.39, 0.29) is 6.04 Å². The number of hydrogen-bond donors (Lipinski definition) is 1. The minimum absolute atomic E-state index is 0.262. The Labute approximate surface area is 106 Å². The van der Waals surface area contributed by atoms with Crippen LogP contribution in [0, 0.1) is 0 Å². The summed E-state index contributed by atoms with van der Waals surface area (Å²) < 4.78 is 6.12. The Morgan fingerprint density at radius 2 is 1.94 bits per heavy atom. The molecule has 0 aliphatic carbocycles. The van der Waals surface area contributed by atoms with Gasteiger partial charge in [-0.2, -0.15) is 0 Å². The molecule has 0 bridgehead atoms. The molecular formula is C13H20BrNO. The first-order valence-electron chi connectivity index (χ1n) is 5.71. The first-order valence-corrected chi connectivity index (χ1v) is 6.50. The van der Waals surface area contributed by atoms with Crippen LogP contribution < -0.4 is 5.73 Å². The van der Waals surface area contributed by atoms with Crippen LogP contribution in [0.2, 0.25) is 0 Å². The van der Waals surface area contributed by atoms with Gasteiger partial charge in [-0.3, -0.25) is 0 Å². The van der Waals surface area contributed by atoms with Gasteiger partial charge < -0.3 is 10.5 Å². The van der Waals surface area contributed by atoms with Crippen molar-refractivity contribution in [1.82, 2.24) is 0 Å². The highest BCUT2D eigenvalue weighted by Gasteiger charge is 2.03. The second kappa shape index (κ2) is 7.82. The predicted octanol–water partition coefficient (Wildman–Crippen LogP) is 3.14. The lowest BCUT2D eigenvalue weighted by molar-refractivity contribution is 0.191. The monoisotopic (exact) mass is 285 g/mol. The lowest BCUT2D eigenvalue weighted by Gasteiger charge is -2.11. The fourth-order valence-electron chi connectivity index (χ4n) is 1.68. The molecule has 0 amide bonds. The molecule has 0 aliphatic rings. The Kier molecular flexibility index (Phi) is 6.69. The van der Waals surface area contributed by atoms with Gasteiger partial charge in [0, 0.05) is 24.2 Å². The molecule has 0 saturated carbocycles. The van der Waals surface area contributed by atoms with Gasteiger partial charge in [-0.25, -0.2) is 0 Å². The van der Waals surface area contributed by atoms with Crippen LogP contribution in [-0.4, -0.2) is 19.8 Å². The maximum absolute atomic E-state index is 6.07. The van der Waals surface area contributed by atoms with E-state index in [4.69, 9.17) is 10.5 Å². The van der Waals surface area contributed by atoms with Crippen LogP contribution >= 0.6 is 15.9 Å². The quantitative estimate of drug-likeness (QED) is 0.782. The normalized spacial score (nSPS) is 12.7. The zero-order chi connectivity index (χ0) is 11.8. The first kappa shape index (κ1) is 13.7. The molecule has 1 rings (SSSR count). The van der Waals surface area contributed by atoms with E-state index in [1.165, 1.54) is 5.56 Å². The highest BCUT2D eigenvalue weighted by Crippen LogP contribution is 2.13. The summed E-state index contributed by atoms with van der Waals surface area (Å²) in [6.45, 7) is 0.838. The number of halogens is 1. The lowest BCUT2D eigenvalue weighted by Crippen LogP contribution is -2.22. The van der Waals surface area contributed by atoms with E-state index in [2.05, 4.69) is 40.2 Å². The molecule has 90 valence electrons. The number of unbranched alkanes of at least 4 members (excludes halogenated alkanes) is 1. The molecule has 1 atom stereocenters. The molecule has 0 fully saturated rings. The van der Waals surface area contributed by atoms with Crippen molar-refractivity contribution in [3.8, 4) is 0 Å². The molecule has 2 nitrogen and oxygen atoms in total. The molecule has 0 spiro atoms. The second-order valence-corrected chi connectivity index (χ2v) is 4.99. The van der Waals surface area contributed by atoms with E-state index in [1.807, 2.05) is 0 Å². The SMILES string of the molecule is COCCCCC(N)Cc1ccc(Br)cc1. The maximum atomic E-state index is 6.07. The molecule has 2 N–H and O–H groups in total. The zero-order valence-electron chi connectivity index (χ0n) is 9.79. The molecule has 0 saturated heterocycles. The topological polar surface area (TPSA) is 35.2 Å². The first-order chi connectivity index (χ1) is 7.72. The summed E-state index contributed by atoms with van der Waals surface area (Å²) in [4.78, 5) is 0. The molecule has 0 aromatic heterocycles. The molecule has 1 aromatic rings. The van der Waals surface area contributed by atoms with Crippen molar-refractivity contribution in [2.45, 2.75) is 31.7 Å². The molecule has 16 heavy (non-hydrogen) atoms. The fraction of sp³-hybridized carbons (Fsp3) is 0.538. The Hall–Kier alpha value is -0.380. The average Bonchev–Trinajstić information content (AvgIpc) is 2.28. The number of ether oxygens (including phenoxy) is 1. The van der Waals surface area contributed by atoms with Gasteiger partial charge in [-0.15, -0.1) is 0 Å². The third-order valence-electron chi connectivity index (χ3n) is 2.58. The summed E-state index contributed by atoms with van der Waals surface area (Å²) in [6.07, 6.45) is 4.27. The summed E-state index contributed by atoms with van der Waals surface area (Å²) in [7, 11) is 1.74. The van der Waals surface area contributed by atoms with Crippen molar-refractivity contribution in [2.24, 2.45) is 5.73 Å². The highest BCUT2D eigenvalue weighted by molar-refractivity contribution is 9.10. The Morgan fingerprint density at radius 1 is 1.25 bits per heavy atom. The van der Waals surface area contributed by atoms with Crippen molar-refractivity contribution in [3.05, 3.63) is 34.3 Å². The van der Waals surface area contributed by atoms with Gasteiger partial charge in [0.25, 0.3) is 0 Å². The van der Waals surface area contributed by atoms with E-state index in [0.29, 0.717) is 0 Å². The minimum atomic E-state index is 0.262. The standard InChI is InChI=1S/C13H20BrNO/c1-16-9-3-2-4-13(15)10-11-5-7-12(14)8-6-11/h5-8,13H,2-4,9-10,15H2,1H3. The molecule has 0 aliphatic heterocycles. The van der Waals surface area contributed by atoms with Crippen molar-refractivity contribution >= 4 is 15.9 Å². The van der Waals surface area contributed by atoms with E-state index >= 15 is 0 Å². The van der Waals surface area contributed by atoms with Crippen LogP contribution in [0.3, 0.4) is 0 Å². The van der Waals surface area contributed by atoms with E-state index < -0.39 is 0 Å². The van der Waals surface area contributed by atoms with Crippen molar-refractivity contribution in [3.63, 3.8) is 0 Å². The minimum Gasteiger partial charge on any atom is -0.385 e. The summed E-state index contributed by atoms with van der Waals surface area (Å²) in [5, 5.41) is 0. The van der Waals surface area contributed by atoms with Gasteiger partial charge in [0.2, 0.25) is 0 Å². The number of benzene rings is 1. The highest BCUT2D eigenvalue weighted by atomic mass is 79.9. The molecule has 1 aromatic carbocycles. The number of nitrogens with two attached hydrogens (primary N) is 1. The predicted molar refractivity (Wildman–Crippen MR) is 71.5 cm³/mol. The summed E-state index contributed by atoms with van der Waals surface area (Å²) >= 11 is 3.43. The third kappa shape index (κ3) is 5.64. The van der Waals surface area contributed by atoms with Gasteiger partial charge in [-0.1, -0.05) is 28.1 Å². The van der Waals surface area contributed by atoms with Crippen LogP contribution in [0.4, 0.5) is 0 Å². The number of rotatable bonds is 7. The van der Waals surface area contributed by atoms with E-state index in [9.17, 15) is 0 Å². The molecule has 0 heterocycles. The summed E-state index contributed by atoms with van der Waals surface area (Å²) in [5.41, 5.74) is 7.38. The average molecular weight is 286 g/mol. The number of methoxy groups -OCH3 is 1. The maximum Gasteiger partial charge on any atom is 0.0462 e. The lowest BCUT2D eigenvalue weighted by atomic mass is 10.0. The fourth-order valence-corrected chi connectivity index (χ4v) is 1.94. The largest absolute Gasteiger partial charge is 0.385 e. The van der Waals surface area contributed by atoms with Gasteiger partial charge in [0.05, 0.1) is 0 Å². The third-order valence-corrected chi connectivity index (χ3v) is 3.11. The molecular weight excluding hydrogens is 266 g/mol. The molecule has 3 heteroatoms.